The average Bonchev–Trinajstić information content (AvgIpc) is 3.66. The number of carbonyl (C=O) groups is 2. The summed E-state index contributed by atoms with van der Waals surface area (Å²) in [5.41, 5.74) is 0.969. The Hall–Kier alpha value is -3.08. The lowest BCUT2D eigenvalue weighted by atomic mass is 10.0. The smallest absolute Gasteiger partial charge is 0.372 e. The van der Waals surface area contributed by atoms with E-state index < -0.39 is 11.7 Å². The van der Waals surface area contributed by atoms with E-state index >= 15 is 0 Å². The molecule has 3 fully saturated rings. The lowest BCUT2D eigenvalue weighted by Gasteiger charge is -2.28. The fraction of sp³-hybridized carbons (Fsp3) is 0.593. The van der Waals surface area contributed by atoms with Crippen LogP contribution in [0.25, 0.3) is 0 Å². The zero-order valence-corrected chi connectivity index (χ0v) is 22.1. The summed E-state index contributed by atoms with van der Waals surface area (Å²) in [6.45, 7) is 4.49. The van der Waals surface area contributed by atoms with Crippen LogP contribution in [0.5, 0.6) is 0 Å². The van der Waals surface area contributed by atoms with E-state index in [0.717, 1.165) is 38.8 Å². The van der Waals surface area contributed by atoms with Gasteiger partial charge in [-0.2, -0.15) is 23.0 Å². The van der Waals surface area contributed by atoms with Gasteiger partial charge in [0.1, 0.15) is 0 Å². The Labute approximate surface area is 221 Å². The quantitative estimate of drug-likeness (QED) is 0.575. The van der Waals surface area contributed by atoms with Crippen LogP contribution in [0.4, 0.5) is 29.3 Å². The molecule has 0 radical (unpaired) electrons. The van der Waals surface area contributed by atoms with Gasteiger partial charge in [-0.1, -0.05) is 6.07 Å². The van der Waals surface area contributed by atoms with Crippen LogP contribution in [0.1, 0.15) is 43.7 Å². The van der Waals surface area contributed by atoms with Gasteiger partial charge in [0.25, 0.3) is 0 Å². The van der Waals surface area contributed by atoms with Gasteiger partial charge in [-0.05, 0) is 62.3 Å². The zero-order chi connectivity index (χ0) is 27.2. The topological polar surface area (TPSA) is 64.9 Å². The highest BCUT2D eigenvalue weighted by atomic mass is 19.4. The SMILES string of the molecule is CC(=O)N(C)c1cnn(C(=O)N2C[C@H]3CC(N(C)Cc4ccc(N5CCCC5)cc4C(F)(F)F)C[C@H]3C2)c1. The molecular formula is C27H35F3N6O2. The Balaban J connectivity index is 1.20. The van der Waals surface area contributed by atoms with Crippen molar-refractivity contribution in [3.63, 3.8) is 0 Å². The van der Waals surface area contributed by atoms with Crippen LogP contribution in [-0.4, -0.2) is 77.8 Å². The first-order valence-electron chi connectivity index (χ1n) is 13.2. The monoisotopic (exact) mass is 532 g/mol. The molecule has 1 aliphatic carbocycles. The minimum Gasteiger partial charge on any atom is -0.372 e. The number of carbonyl (C=O) groups excluding carboxylic acids is 2. The Morgan fingerprint density at radius 1 is 1.08 bits per heavy atom. The number of halogens is 3. The second kappa shape index (κ2) is 10.2. The molecule has 0 N–H and O–H groups in total. The van der Waals surface area contributed by atoms with Gasteiger partial charge in [0.15, 0.2) is 0 Å². The molecule has 0 bridgehead atoms. The van der Waals surface area contributed by atoms with Crippen LogP contribution in [0, 0.1) is 11.8 Å². The number of hydrogen-bond donors (Lipinski definition) is 0. The van der Waals surface area contributed by atoms with Gasteiger partial charge in [0, 0.05) is 58.4 Å². The highest BCUT2D eigenvalue weighted by Gasteiger charge is 2.44. The van der Waals surface area contributed by atoms with Crippen LogP contribution in [0.2, 0.25) is 0 Å². The van der Waals surface area contributed by atoms with E-state index in [1.807, 2.05) is 22.9 Å². The number of fused-ring (bicyclic) bond motifs is 1. The maximum Gasteiger partial charge on any atom is 0.416 e. The Morgan fingerprint density at radius 2 is 1.74 bits per heavy atom. The number of nitrogens with zero attached hydrogens (tertiary/aromatic N) is 6. The van der Waals surface area contributed by atoms with E-state index in [4.69, 9.17) is 0 Å². The van der Waals surface area contributed by atoms with Crippen molar-refractivity contribution in [3.8, 4) is 0 Å². The number of alkyl halides is 3. The van der Waals surface area contributed by atoms with Crippen molar-refractivity contribution >= 4 is 23.3 Å². The van der Waals surface area contributed by atoms with Crippen LogP contribution < -0.4 is 9.80 Å². The summed E-state index contributed by atoms with van der Waals surface area (Å²) in [5, 5.41) is 4.14. The van der Waals surface area contributed by atoms with Crippen molar-refractivity contribution in [2.24, 2.45) is 11.8 Å². The standard InChI is InChI=1S/C27H35F3N6O2/c1-18(37)33(3)24-13-31-36(17-24)26(38)35-15-20-10-23(11-21(20)16-35)32(2)14-19-6-7-22(34-8-4-5-9-34)12-25(19)27(28,29)30/h6-7,12-13,17,20-21,23H,4-5,8-11,14-16H2,1-3H3/t20-,21+,23?. The number of aromatic nitrogens is 2. The minimum atomic E-state index is -4.40. The van der Waals surface area contributed by atoms with Gasteiger partial charge in [0.05, 0.1) is 23.6 Å². The van der Waals surface area contributed by atoms with E-state index in [1.165, 1.54) is 28.8 Å². The third-order valence-corrected chi connectivity index (χ3v) is 8.53. The van der Waals surface area contributed by atoms with E-state index in [9.17, 15) is 22.8 Å². The second-order valence-electron chi connectivity index (χ2n) is 11.0. The highest BCUT2D eigenvalue weighted by molar-refractivity contribution is 5.91. The largest absolute Gasteiger partial charge is 0.416 e. The summed E-state index contributed by atoms with van der Waals surface area (Å²) >= 11 is 0. The molecule has 3 aliphatic rings. The van der Waals surface area contributed by atoms with Gasteiger partial charge < -0.3 is 14.7 Å². The summed E-state index contributed by atoms with van der Waals surface area (Å²) in [4.78, 5) is 31.9. The molecule has 0 spiro atoms. The van der Waals surface area contributed by atoms with Gasteiger partial charge >= 0.3 is 12.2 Å². The lowest BCUT2D eigenvalue weighted by Crippen LogP contribution is -2.36. The third-order valence-electron chi connectivity index (χ3n) is 8.53. The van der Waals surface area contributed by atoms with Gasteiger partial charge in [0.2, 0.25) is 5.91 Å². The van der Waals surface area contributed by atoms with Crippen molar-refractivity contribution in [2.45, 2.75) is 51.4 Å². The summed E-state index contributed by atoms with van der Waals surface area (Å²) < 4.78 is 43.2. The molecule has 1 saturated carbocycles. The number of amides is 2. The molecule has 11 heteroatoms. The molecule has 2 aromatic rings. The third kappa shape index (κ3) is 5.25. The maximum absolute atomic E-state index is 14.0. The minimum absolute atomic E-state index is 0.146. The summed E-state index contributed by atoms with van der Waals surface area (Å²) in [6.07, 6.45) is 2.36. The van der Waals surface area contributed by atoms with E-state index in [2.05, 4.69) is 5.10 Å². The maximum atomic E-state index is 14.0. The van der Waals surface area contributed by atoms with E-state index in [-0.39, 0.29) is 24.5 Å². The molecule has 38 heavy (non-hydrogen) atoms. The highest BCUT2D eigenvalue weighted by Crippen LogP contribution is 2.41. The van der Waals surface area contributed by atoms with Crippen LogP contribution in [0.3, 0.4) is 0 Å². The van der Waals surface area contributed by atoms with Crippen molar-refractivity contribution in [2.75, 3.05) is 50.1 Å². The summed E-state index contributed by atoms with van der Waals surface area (Å²) in [5.74, 6) is 0.467. The molecule has 2 saturated heterocycles. The Morgan fingerprint density at radius 3 is 2.34 bits per heavy atom. The van der Waals surface area contributed by atoms with Crippen LogP contribution in [-0.2, 0) is 17.5 Å². The first kappa shape index (κ1) is 26.5. The Bertz CT molecular complexity index is 1180. The summed E-state index contributed by atoms with van der Waals surface area (Å²) in [6, 6.07) is 4.73. The molecule has 1 aromatic heterocycles. The fourth-order valence-corrected chi connectivity index (χ4v) is 6.24. The molecule has 2 aliphatic heterocycles. The van der Waals surface area contributed by atoms with Crippen molar-refractivity contribution in [3.05, 3.63) is 41.7 Å². The summed E-state index contributed by atoms with van der Waals surface area (Å²) in [7, 11) is 3.53. The fourth-order valence-electron chi connectivity index (χ4n) is 6.24. The average molecular weight is 533 g/mol. The van der Waals surface area contributed by atoms with Crippen molar-refractivity contribution < 1.29 is 22.8 Å². The molecule has 3 atom stereocenters. The predicted molar refractivity (Wildman–Crippen MR) is 138 cm³/mol. The Kier molecular flexibility index (Phi) is 7.15. The number of benzene rings is 1. The van der Waals surface area contributed by atoms with E-state index in [0.29, 0.717) is 41.9 Å². The molecule has 1 aromatic carbocycles. The molecular weight excluding hydrogens is 497 g/mol. The molecule has 2 amide bonds. The number of hydrogen-bond acceptors (Lipinski definition) is 5. The van der Waals surface area contributed by atoms with Crippen molar-refractivity contribution in [1.82, 2.24) is 19.6 Å². The predicted octanol–water partition coefficient (Wildman–Crippen LogP) is 4.30. The first-order chi connectivity index (χ1) is 18.0. The molecule has 8 nitrogen and oxygen atoms in total. The second-order valence-corrected chi connectivity index (χ2v) is 11.0. The van der Waals surface area contributed by atoms with E-state index in [1.54, 1.807) is 24.2 Å². The van der Waals surface area contributed by atoms with Gasteiger partial charge in [-0.3, -0.25) is 9.69 Å². The first-order valence-corrected chi connectivity index (χ1v) is 13.2. The molecule has 3 heterocycles. The number of anilines is 2. The molecule has 206 valence electrons. The van der Waals surface area contributed by atoms with Gasteiger partial charge in [-0.15, -0.1) is 0 Å². The number of likely N-dealkylation sites (tertiary alicyclic amines) is 1. The normalized spacial score (nSPS) is 23.4. The lowest BCUT2D eigenvalue weighted by molar-refractivity contribution is -0.138. The van der Waals surface area contributed by atoms with Crippen molar-refractivity contribution in [1.29, 1.82) is 0 Å². The van der Waals surface area contributed by atoms with Gasteiger partial charge in [-0.25, -0.2) is 4.79 Å². The van der Waals surface area contributed by atoms with Crippen LogP contribution >= 0.6 is 0 Å². The molecule has 1 unspecified atom stereocenters. The molecule has 5 rings (SSSR count). The van der Waals surface area contributed by atoms with Crippen LogP contribution in [0.15, 0.2) is 30.6 Å². The number of rotatable bonds is 5. The zero-order valence-electron chi connectivity index (χ0n) is 22.1.